The summed E-state index contributed by atoms with van der Waals surface area (Å²) in [6.45, 7) is 9.59. The summed E-state index contributed by atoms with van der Waals surface area (Å²) in [6, 6.07) is 2.40. The molecule has 21 heteroatoms. The number of aliphatic hydroxyl groups excluding tert-OH is 1. The first-order valence-corrected chi connectivity index (χ1v) is 19.8. The zero-order valence-electron chi connectivity index (χ0n) is 30.0. The molecule has 2 fully saturated rings. The third kappa shape index (κ3) is 11.0. The lowest BCUT2D eigenvalue weighted by molar-refractivity contribution is -0.0491. The standard InChI is InChI=1S/C16H25N2O7P.C15H23N2O8P/c1-5-23-26(21,24-6-2)10-8-12-11(3)14(22-4)15(25-12)18-9-7-13(19)17-16(18)20;1-4-23-26(21,24-5-2)9-7-10-12(19)13(22-3)14(25-10)17-8-6-11(18)16-15(17)20/h7-12,14-15H,5-6H2,1-4H3,(H,17,19,20);6-10,12-14,19H,4-5H2,1-3H3,(H,16,18,20)/b10-8+;9-7+/t11-,12+,14?,15+;10-,12+,13?,14-/m01/s1. The smallest absolute Gasteiger partial charge is 0.353 e. The average Bonchev–Trinajstić information content (AvgIpc) is 3.58. The van der Waals surface area contributed by atoms with Gasteiger partial charge in [-0.15, -0.1) is 0 Å². The number of hydrogen-bond acceptors (Lipinski definition) is 15. The Balaban J connectivity index is 0.000000280. The van der Waals surface area contributed by atoms with Crippen molar-refractivity contribution >= 4 is 15.2 Å². The molecule has 2 aromatic rings. The van der Waals surface area contributed by atoms with Crippen LogP contribution in [0.5, 0.6) is 0 Å². The minimum atomic E-state index is -3.46. The van der Waals surface area contributed by atoms with Gasteiger partial charge in [0.25, 0.3) is 11.1 Å². The average molecular weight is 779 g/mol. The third-order valence-electron chi connectivity index (χ3n) is 7.81. The third-order valence-corrected chi connectivity index (χ3v) is 11.4. The van der Waals surface area contributed by atoms with Crippen LogP contribution in [-0.4, -0.2) is 95.4 Å². The first kappa shape index (κ1) is 43.3. The van der Waals surface area contributed by atoms with Gasteiger partial charge < -0.3 is 42.1 Å². The van der Waals surface area contributed by atoms with Crippen LogP contribution in [0.3, 0.4) is 0 Å². The van der Waals surface area contributed by atoms with Crippen LogP contribution in [-0.2, 0) is 46.2 Å². The number of hydrogen-bond donors (Lipinski definition) is 3. The van der Waals surface area contributed by atoms with Crippen LogP contribution < -0.4 is 22.5 Å². The summed E-state index contributed by atoms with van der Waals surface area (Å²) in [4.78, 5) is 50.8. The van der Waals surface area contributed by atoms with Crippen LogP contribution in [0.1, 0.15) is 47.1 Å². The predicted molar refractivity (Wildman–Crippen MR) is 187 cm³/mol. The Kier molecular flexibility index (Phi) is 16.5. The van der Waals surface area contributed by atoms with Crippen molar-refractivity contribution in [2.75, 3.05) is 40.6 Å². The Morgan fingerprint density at radius 1 is 0.712 bits per heavy atom. The normalized spacial score (nSPS) is 26.6. The topological polar surface area (TPSA) is 238 Å². The fraction of sp³-hybridized carbons (Fsp3) is 0.613. The molecule has 0 spiro atoms. The Labute approximate surface area is 299 Å². The maximum Gasteiger partial charge on any atom is 0.353 e. The molecule has 2 saturated heterocycles. The lowest BCUT2D eigenvalue weighted by Crippen LogP contribution is -2.38. The number of H-pyrrole nitrogens is 2. The van der Waals surface area contributed by atoms with Gasteiger partial charge in [-0.05, 0) is 39.8 Å². The molecule has 0 aliphatic carbocycles. The van der Waals surface area contributed by atoms with Gasteiger partial charge in [-0.3, -0.25) is 37.8 Å². The molecule has 3 N–H and O–H groups in total. The molecule has 0 radical (unpaired) electrons. The van der Waals surface area contributed by atoms with Crippen LogP contribution in [0.2, 0.25) is 0 Å². The molecule has 4 heterocycles. The maximum atomic E-state index is 12.6. The monoisotopic (exact) mass is 778 g/mol. The van der Waals surface area contributed by atoms with Gasteiger partial charge in [0.15, 0.2) is 12.5 Å². The largest absolute Gasteiger partial charge is 0.387 e. The summed E-state index contributed by atoms with van der Waals surface area (Å²) in [5.41, 5.74) is -2.33. The summed E-state index contributed by atoms with van der Waals surface area (Å²) in [6.07, 6.45) is 0.0229. The van der Waals surface area contributed by atoms with Crippen LogP contribution in [0.25, 0.3) is 0 Å². The Hall–Kier alpha value is -3.06. The number of ether oxygens (including phenoxy) is 4. The van der Waals surface area contributed by atoms with Gasteiger partial charge in [0.2, 0.25) is 0 Å². The Morgan fingerprint density at radius 3 is 1.48 bits per heavy atom. The second-order valence-corrected chi connectivity index (χ2v) is 15.0. The first-order chi connectivity index (χ1) is 24.7. The SMILES string of the molecule is CCOP(=O)(/C=C/[C@H]1O[C@@H](n2ccc(=O)[nH]c2=O)C(OC)[C@H]1C)OCC.CCOP(=O)(/C=C/[C@H]1O[C@@H](n2ccc(=O)[nH]c2=O)C(OC)[C@H]1O)OCC. The molecule has 2 unspecified atom stereocenters. The van der Waals surface area contributed by atoms with Crippen molar-refractivity contribution in [1.82, 2.24) is 19.1 Å². The van der Waals surface area contributed by atoms with Crippen molar-refractivity contribution < 1.29 is 51.3 Å². The van der Waals surface area contributed by atoms with E-state index in [-0.39, 0.29) is 32.3 Å². The number of nitrogens with one attached hydrogen (secondary N) is 2. The van der Waals surface area contributed by atoms with Crippen molar-refractivity contribution in [3.8, 4) is 0 Å². The van der Waals surface area contributed by atoms with Gasteiger partial charge >= 0.3 is 26.6 Å². The second kappa shape index (κ2) is 19.9. The van der Waals surface area contributed by atoms with Crippen LogP contribution >= 0.6 is 15.2 Å². The van der Waals surface area contributed by atoms with Crippen LogP contribution in [0, 0.1) is 5.92 Å². The van der Waals surface area contributed by atoms with Gasteiger partial charge in [0, 0.05) is 56.3 Å². The van der Waals surface area contributed by atoms with Crippen molar-refractivity contribution in [3.63, 3.8) is 0 Å². The molecular weight excluding hydrogens is 730 g/mol. The molecule has 0 amide bonds. The molecule has 0 bridgehead atoms. The zero-order chi connectivity index (χ0) is 38.6. The van der Waals surface area contributed by atoms with E-state index in [0.29, 0.717) is 0 Å². The highest BCUT2D eigenvalue weighted by Gasteiger charge is 2.45. The minimum absolute atomic E-state index is 0.142. The highest BCUT2D eigenvalue weighted by Crippen LogP contribution is 2.51. The molecule has 2 aliphatic rings. The second-order valence-electron chi connectivity index (χ2n) is 11.2. The molecule has 292 valence electrons. The van der Waals surface area contributed by atoms with Gasteiger partial charge in [0.05, 0.1) is 32.5 Å². The first-order valence-electron chi connectivity index (χ1n) is 16.5. The molecule has 8 atom stereocenters. The molecule has 19 nitrogen and oxygen atoms in total. The minimum Gasteiger partial charge on any atom is -0.387 e. The van der Waals surface area contributed by atoms with Crippen LogP contribution in [0.15, 0.2) is 67.5 Å². The lowest BCUT2D eigenvalue weighted by Gasteiger charge is -2.20. The number of methoxy groups -OCH3 is 2. The van der Waals surface area contributed by atoms with E-state index in [4.69, 9.17) is 37.0 Å². The van der Waals surface area contributed by atoms with Gasteiger partial charge in [-0.1, -0.05) is 6.92 Å². The van der Waals surface area contributed by atoms with Gasteiger partial charge in [-0.2, -0.15) is 0 Å². The van der Waals surface area contributed by atoms with Crippen molar-refractivity contribution in [2.45, 2.75) is 77.6 Å². The van der Waals surface area contributed by atoms with Gasteiger partial charge in [0.1, 0.15) is 24.4 Å². The van der Waals surface area contributed by atoms with E-state index in [9.17, 15) is 33.4 Å². The van der Waals surface area contributed by atoms with E-state index in [1.165, 1.54) is 55.0 Å². The van der Waals surface area contributed by atoms with E-state index in [2.05, 4.69) is 9.97 Å². The van der Waals surface area contributed by atoms with Crippen molar-refractivity contribution in [2.24, 2.45) is 5.92 Å². The van der Waals surface area contributed by atoms with E-state index in [1.807, 2.05) is 6.92 Å². The molecule has 4 rings (SSSR count). The summed E-state index contributed by atoms with van der Waals surface area (Å²) in [5, 5.41) is 10.4. The molecule has 2 aliphatic heterocycles. The van der Waals surface area contributed by atoms with Crippen LogP contribution in [0.4, 0.5) is 0 Å². The molecule has 0 aromatic carbocycles. The number of nitrogens with zero attached hydrogens (tertiary/aromatic N) is 2. The zero-order valence-corrected chi connectivity index (χ0v) is 31.8. The number of aliphatic hydroxyl groups is 1. The maximum absolute atomic E-state index is 12.6. The van der Waals surface area contributed by atoms with Gasteiger partial charge in [-0.25, -0.2) is 9.59 Å². The predicted octanol–water partition coefficient (Wildman–Crippen LogP) is 2.45. The Bertz CT molecular complexity index is 1690. The van der Waals surface area contributed by atoms with E-state index < -0.39 is 80.7 Å². The van der Waals surface area contributed by atoms with Crippen molar-refractivity contribution in [1.29, 1.82) is 0 Å². The number of rotatable bonds is 16. The highest BCUT2D eigenvalue weighted by molar-refractivity contribution is 7.57. The Morgan fingerprint density at radius 2 is 1.10 bits per heavy atom. The molecular formula is C31H48N4O15P2. The number of aromatic nitrogens is 4. The van der Waals surface area contributed by atoms with E-state index >= 15 is 0 Å². The quantitative estimate of drug-likeness (QED) is 0.208. The highest BCUT2D eigenvalue weighted by atomic mass is 31.2. The van der Waals surface area contributed by atoms with E-state index in [0.717, 1.165) is 10.6 Å². The molecule has 0 saturated carbocycles. The lowest BCUT2D eigenvalue weighted by atomic mass is 10.0. The van der Waals surface area contributed by atoms with E-state index in [1.54, 1.807) is 33.8 Å². The summed E-state index contributed by atoms with van der Waals surface area (Å²) < 4.78 is 70.5. The molecule has 52 heavy (non-hydrogen) atoms. The molecule has 2 aromatic heterocycles. The fourth-order valence-electron chi connectivity index (χ4n) is 5.50. The van der Waals surface area contributed by atoms with Crippen molar-refractivity contribution in [3.05, 3.63) is 90.0 Å². The summed E-state index contributed by atoms with van der Waals surface area (Å²) in [7, 11) is -3.94. The summed E-state index contributed by atoms with van der Waals surface area (Å²) in [5.74, 6) is 2.46. The number of aromatic amines is 2. The summed E-state index contributed by atoms with van der Waals surface area (Å²) >= 11 is 0. The fourth-order valence-corrected chi connectivity index (χ4v) is 8.19.